The number of carbonyl (C=O) groups is 1. The van der Waals surface area contributed by atoms with Gasteiger partial charge in [-0.1, -0.05) is 0 Å². The number of amides is 1. The highest BCUT2D eigenvalue weighted by Gasteiger charge is 2.35. The quantitative estimate of drug-likeness (QED) is 0.847. The van der Waals surface area contributed by atoms with E-state index in [4.69, 9.17) is 0 Å². The number of fused-ring (bicyclic) bond motifs is 1. The molecule has 98 valence electrons. The summed E-state index contributed by atoms with van der Waals surface area (Å²) in [5.74, 6) is -0.138. The van der Waals surface area contributed by atoms with E-state index in [1.54, 1.807) is 6.07 Å². The molecule has 18 heavy (non-hydrogen) atoms. The molecule has 0 aliphatic carbocycles. The fourth-order valence-corrected chi connectivity index (χ4v) is 3.13. The summed E-state index contributed by atoms with van der Waals surface area (Å²) >= 11 is 0. The standard InChI is InChI=1S/C12H15NO4S/c1-12(2,7-14)18(16,17)9-3-4-10-8(5-9)6-11(15)13-10/h3-5,14H,6-7H2,1-2H3,(H,13,15). The zero-order chi connectivity index (χ0) is 13.6. The maximum absolute atomic E-state index is 12.3. The molecule has 6 heteroatoms. The molecule has 0 saturated heterocycles. The van der Waals surface area contributed by atoms with E-state index in [-0.39, 0.29) is 17.2 Å². The van der Waals surface area contributed by atoms with Crippen LogP contribution in [0.4, 0.5) is 5.69 Å². The van der Waals surface area contributed by atoms with Crippen molar-refractivity contribution >= 4 is 21.4 Å². The Balaban J connectivity index is 2.49. The number of benzene rings is 1. The molecular weight excluding hydrogens is 254 g/mol. The molecule has 2 N–H and O–H groups in total. The molecule has 1 aromatic carbocycles. The van der Waals surface area contributed by atoms with Crippen LogP contribution < -0.4 is 5.32 Å². The lowest BCUT2D eigenvalue weighted by molar-refractivity contribution is -0.115. The molecule has 1 aromatic rings. The lowest BCUT2D eigenvalue weighted by atomic mass is 10.2. The zero-order valence-corrected chi connectivity index (χ0v) is 11.0. The molecule has 2 rings (SSSR count). The van der Waals surface area contributed by atoms with Crippen LogP contribution in [0.5, 0.6) is 0 Å². The van der Waals surface area contributed by atoms with Crippen molar-refractivity contribution in [2.75, 3.05) is 11.9 Å². The number of sulfone groups is 1. The molecule has 0 radical (unpaired) electrons. The van der Waals surface area contributed by atoms with E-state index in [2.05, 4.69) is 5.32 Å². The maximum Gasteiger partial charge on any atom is 0.228 e. The predicted octanol–water partition coefficient (Wildman–Crippen LogP) is 0.726. The number of rotatable bonds is 3. The molecule has 0 saturated carbocycles. The van der Waals surface area contributed by atoms with E-state index < -0.39 is 21.2 Å². The Hall–Kier alpha value is -1.40. The zero-order valence-electron chi connectivity index (χ0n) is 10.2. The average molecular weight is 269 g/mol. The summed E-state index contributed by atoms with van der Waals surface area (Å²) in [6, 6.07) is 4.54. The van der Waals surface area contributed by atoms with E-state index in [1.165, 1.54) is 26.0 Å². The monoisotopic (exact) mass is 269 g/mol. The summed E-state index contributed by atoms with van der Waals surface area (Å²) in [4.78, 5) is 11.3. The van der Waals surface area contributed by atoms with Crippen molar-refractivity contribution in [1.82, 2.24) is 0 Å². The lowest BCUT2D eigenvalue weighted by Crippen LogP contribution is -2.35. The third-order valence-corrected chi connectivity index (χ3v) is 5.58. The Bertz CT molecular complexity index is 605. The maximum atomic E-state index is 12.3. The largest absolute Gasteiger partial charge is 0.395 e. The minimum Gasteiger partial charge on any atom is -0.395 e. The van der Waals surface area contributed by atoms with Crippen molar-refractivity contribution in [2.45, 2.75) is 29.9 Å². The summed E-state index contributed by atoms with van der Waals surface area (Å²) < 4.78 is 23.4. The number of aliphatic hydroxyl groups excluding tert-OH is 1. The van der Waals surface area contributed by atoms with Crippen LogP contribution in [0.1, 0.15) is 19.4 Å². The second kappa shape index (κ2) is 4.07. The number of hydrogen-bond donors (Lipinski definition) is 2. The van der Waals surface area contributed by atoms with Gasteiger partial charge in [-0.15, -0.1) is 0 Å². The molecular formula is C12H15NO4S. The van der Waals surface area contributed by atoms with E-state index in [1.807, 2.05) is 0 Å². The summed E-state index contributed by atoms with van der Waals surface area (Å²) in [5.41, 5.74) is 1.33. The van der Waals surface area contributed by atoms with Crippen LogP contribution in [0, 0.1) is 0 Å². The third kappa shape index (κ3) is 1.91. The van der Waals surface area contributed by atoms with Crippen molar-refractivity contribution in [1.29, 1.82) is 0 Å². The smallest absolute Gasteiger partial charge is 0.228 e. The van der Waals surface area contributed by atoms with Gasteiger partial charge < -0.3 is 10.4 Å². The van der Waals surface area contributed by atoms with Gasteiger partial charge in [-0.3, -0.25) is 4.79 Å². The highest BCUT2D eigenvalue weighted by molar-refractivity contribution is 7.92. The Morgan fingerprint density at radius 3 is 2.67 bits per heavy atom. The number of nitrogens with one attached hydrogen (secondary N) is 1. The summed E-state index contributed by atoms with van der Waals surface area (Å²) in [6.45, 7) is 2.49. The molecule has 0 bridgehead atoms. The van der Waals surface area contributed by atoms with Gasteiger partial charge in [0.2, 0.25) is 5.91 Å². The molecule has 0 fully saturated rings. The van der Waals surface area contributed by atoms with Crippen LogP contribution in [0.2, 0.25) is 0 Å². The van der Waals surface area contributed by atoms with E-state index >= 15 is 0 Å². The fraction of sp³-hybridized carbons (Fsp3) is 0.417. The van der Waals surface area contributed by atoms with Gasteiger partial charge in [-0.05, 0) is 37.6 Å². The number of aliphatic hydroxyl groups is 1. The second-order valence-corrected chi connectivity index (χ2v) is 7.55. The first-order chi connectivity index (χ1) is 8.28. The molecule has 0 aromatic heterocycles. The van der Waals surface area contributed by atoms with Crippen LogP contribution in [0.25, 0.3) is 0 Å². The fourth-order valence-electron chi connectivity index (χ4n) is 1.78. The molecule has 5 nitrogen and oxygen atoms in total. The van der Waals surface area contributed by atoms with Crippen LogP contribution in [-0.4, -0.2) is 30.8 Å². The molecule has 0 spiro atoms. The average Bonchev–Trinajstić information content (AvgIpc) is 2.67. The van der Waals surface area contributed by atoms with Crippen molar-refractivity contribution < 1.29 is 18.3 Å². The second-order valence-electron chi connectivity index (χ2n) is 4.97. The predicted molar refractivity (Wildman–Crippen MR) is 67.1 cm³/mol. The molecule has 0 unspecified atom stereocenters. The Morgan fingerprint density at radius 2 is 2.06 bits per heavy atom. The first-order valence-corrected chi connectivity index (χ1v) is 7.04. The third-order valence-electron chi connectivity index (χ3n) is 3.12. The minimum absolute atomic E-state index is 0.136. The van der Waals surface area contributed by atoms with Crippen molar-refractivity contribution in [2.24, 2.45) is 0 Å². The first kappa shape index (κ1) is 13.0. The molecule has 1 amide bonds. The molecule has 1 heterocycles. The topological polar surface area (TPSA) is 83.5 Å². The van der Waals surface area contributed by atoms with Gasteiger partial charge in [-0.2, -0.15) is 0 Å². The summed E-state index contributed by atoms with van der Waals surface area (Å²) in [5, 5.41) is 11.8. The number of carbonyl (C=O) groups excluding carboxylic acids is 1. The number of hydrogen-bond acceptors (Lipinski definition) is 4. The molecule has 0 atom stereocenters. The van der Waals surface area contributed by atoms with Gasteiger partial charge in [0.1, 0.15) is 0 Å². The lowest BCUT2D eigenvalue weighted by Gasteiger charge is -2.22. The van der Waals surface area contributed by atoms with E-state index in [0.29, 0.717) is 11.3 Å². The minimum atomic E-state index is -3.62. The van der Waals surface area contributed by atoms with Gasteiger partial charge in [0.05, 0.1) is 22.7 Å². The number of anilines is 1. The van der Waals surface area contributed by atoms with Crippen molar-refractivity contribution in [3.63, 3.8) is 0 Å². The van der Waals surface area contributed by atoms with Gasteiger partial charge in [0, 0.05) is 5.69 Å². The van der Waals surface area contributed by atoms with Gasteiger partial charge in [0.25, 0.3) is 0 Å². The van der Waals surface area contributed by atoms with Crippen LogP contribution in [0.15, 0.2) is 23.1 Å². The summed E-state index contributed by atoms with van der Waals surface area (Å²) in [7, 11) is -3.62. The van der Waals surface area contributed by atoms with Gasteiger partial charge in [0.15, 0.2) is 9.84 Å². The highest BCUT2D eigenvalue weighted by atomic mass is 32.2. The van der Waals surface area contributed by atoms with E-state index in [0.717, 1.165) is 0 Å². The van der Waals surface area contributed by atoms with Crippen LogP contribution >= 0.6 is 0 Å². The Morgan fingerprint density at radius 1 is 1.39 bits per heavy atom. The van der Waals surface area contributed by atoms with Crippen LogP contribution in [-0.2, 0) is 21.1 Å². The highest BCUT2D eigenvalue weighted by Crippen LogP contribution is 2.30. The normalized spacial score (nSPS) is 15.4. The Labute approximate surface area is 106 Å². The molecule has 1 aliphatic heterocycles. The first-order valence-electron chi connectivity index (χ1n) is 5.56. The molecule has 1 aliphatic rings. The van der Waals surface area contributed by atoms with Gasteiger partial charge >= 0.3 is 0 Å². The summed E-state index contributed by atoms with van der Waals surface area (Å²) in [6.07, 6.45) is 0.193. The Kier molecular flexibility index (Phi) is 2.95. The van der Waals surface area contributed by atoms with E-state index in [9.17, 15) is 18.3 Å². The van der Waals surface area contributed by atoms with Crippen LogP contribution in [0.3, 0.4) is 0 Å². The van der Waals surface area contributed by atoms with Gasteiger partial charge in [-0.25, -0.2) is 8.42 Å². The SMILES string of the molecule is CC(C)(CO)S(=O)(=O)c1ccc2c(c1)CC(=O)N2. The van der Waals surface area contributed by atoms with Crippen molar-refractivity contribution in [3.8, 4) is 0 Å². The van der Waals surface area contributed by atoms with Crippen molar-refractivity contribution in [3.05, 3.63) is 23.8 Å².